The Morgan fingerprint density at radius 3 is 2.42 bits per heavy atom. The largest absolute Gasteiger partial charge is 0.495 e. The zero-order valence-electron chi connectivity index (χ0n) is 23.2. The van der Waals surface area contributed by atoms with E-state index in [0.717, 1.165) is 0 Å². The van der Waals surface area contributed by atoms with Crippen LogP contribution in [0, 0.1) is 11.3 Å². The molecule has 13 heteroatoms. The van der Waals surface area contributed by atoms with Crippen LogP contribution in [0.25, 0.3) is 22.4 Å². The number of furan rings is 1. The summed E-state index contributed by atoms with van der Waals surface area (Å²) in [5.41, 5.74) is 1.69. The first-order valence-electron chi connectivity index (χ1n) is 12.8. The first-order chi connectivity index (χ1) is 20.9. The average Bonchev–Trinajstić information content (AvgIpc) is 3.57. The summed E-state index contributed by atoms with van der Waals surface area (Å²) >= 11 is 0. The zero-order valence-corrected chi connectivity index (χ0v) is 23.2. The topological polar surface area (TPSA) is 185 Å². The molecular weight excluding hydrogens is 558 g/mol. The van der Waals surface area contributed by atoms with Gasteiger partial charge in [-0.2, -0.15) is 5.26 Å². The molecule has 0 radical (unpaired) electrons. The molecule has 0 aliphatic rings. The smallest absolute Gasteiger partial charge is 0.404 e. The number of anilines is 1. The molecule has 0 unspecified atom stereocenters. The van der Waals surface area contributed by atoms with Crippen molar-refractivity contribution >= 4 is 23.7 Å². The maximum Gasteiger partial charge on any atom is 0.404 e. The number of nitrogens with one attached hydrogen (secondary N) is 3. The van der Waals surface area contributed by atoms with E-state index in [-0.39, 0.29) is 48.3 Å². The van der Waals surface area contributed by atoms with Gasteiger partial charge in [-0.15, -0.1) is 0 Å². The summed E-state index contributed by atoms with van der Waals surface area (Å²) in [5, 5.41) is 26.5. The first kappa shape index (κ1) is 30.1. The summed E-state index contributed by atoms with van der Waals surface area (Å²) < 4.78 is 21.6. The van der Waals surface area contributed by atoms with Gasteiger partial charge in [0, 0.05) is 36.9 Å². The van der Waals surface area contributed by atoms with Crippen molar-refractivity contribution in [2.75, 3.05) is 39.4 Å². The Hall–Kier alpha value is -5.87. The molecule has 0 fully saturated rings. The lowest BCUT2D eigenvalue weighted by Gasteiger charge is -2.18. The second-order valence-electron chi connectivity index (χ2n) is 8.74. The SMILES string of the molecule is COCOc1ccccc1-c1cc(-c2cccc(C(=O)NCCNC(=O)O)c2OC)c(C#N)c(NC(=O)c2ccco2)n1. The van der Waals surface area contributed by atoms with E-state index in [1.54, 1.807) is 48.5 Å². The van der Waals surface area contributed by atoms with Crippen LogP contribution in [0.5, 0.6) is 11.5 Å². The molecule has 2 heterocycles. The van der Waals surface area contributed by atoms with E-state index in [1.807, 2.05) is 0 Å². The predicted molar refractivity (Wildman–Crippen MR) is 154 cm³/mol. The molecule has 0 atom stereocenters. The van der Waals surface area contributed by atoms with E-state index in [0.29, 0.717) is 28.1 Å². The Balaban J connectivity index is 1.87. The summed E-state index contributed by atoms with van der Waals surface area (Å²) in [6, 6.07) is 18.6. The molecule has 3 amide bonds. The lowest BCUT2D eigenvalue weighted by Crippen LogP contribution is -2.34. The number of pyridine rings is 1. The molecule has 220 valence electrons. The van der Waals surface area contributed by atoms with Crippen molar-refractivity contribution in [3.8, 4) is 40.0 Å². The maximum absolute atomic E-state index is 13.0. The van der Waals surface area contributed by atoms with Crippen LogP contribution < -0.4 is 25.4 Å². The zero-order chi connectivity index (χ0) is 30.8. The van der Waals surface area contributed by atoms with Crippen LogP contribution in [0.1, 0.15) is 26.5 Å². The Kier molecular flexibility index (Phi) is 9.91. The van der Waals surface area contributed by atoms with Crippen LogP contribution in [-0.4, -0.2) is 62.1 Å². The lowest BCUT2D eigenvalue weighted by atomic mass is 9.95. The normalized spacial score (nSPS) is 10.3. The Labute approximate surface area is 246 Å². The monoisotopic (exact) mass is 585 g/mol. The number of methoxy groups -OCH3 is 2. The van der Waals surface area contributed by atoms with E-state index in [4.69, 9.17) is 23.7 Å². The van der Waals surface area contributed by atoms with Crippen LogP contribution in [0.15, 0.2) is 71.3 Å². The highest BCUT2D eigenvalue weighted by atomic mass is 16.7. The lowest BCUT2D eigenvalue weighted by molar-refractivity contribution is 0.0515. The molecule has 0 aliphatic carbocycles. The third kappa shape index (κ3) is 7.07. The Morgan fingerprint density at radius 1 is 0.953 bits per heavy atom. The van der Waals surface area contributed by atoms with Gasteiger partial charge in [-0.1, -0.05) is 24.3 Å². The van der Waals surface area contributed by atoms with Crippen molar-refractivity contribution in [3.05, 3.63) is 83.8 Å². The number of carbonyl (C=O) groups is 3. The third-order valence-corrected chi connectivity index (χ3v) is 6.04. The van der Waals surface area contributed by atoms with Crippen molar-refractivity contribution in [1.29, 1.82) is 5.26 Å². The van der Waals surface area contributed by atoms with Crippen molar-refractivity contribution < 1.29 is 38.1 Å². The Bertz CT molecular complexity index is 1660. The number of nitriles is 1. The van der Waals surface area contributed by atoms with Gasteiger partial charge in [0.05, 0.1) is 24.6 Å². The molecule has 0 saturated heterocycles. The van der Waals surface area contributed by atoms with Gasteiger partial charge in [0.2, 0.25) is 0 Å². The van der Waals surface area contributed by atoms with Crippen LogP contribution >= 0.6 is 0 Å². The highest BCUT2D eigenvalue weighted by Crippen LogP contribution is 2.40. The van der Waals surface area contributed by atoms with Gasteiger partial charge in [0.25, 0.3) is 11.8 Å². The summed E-state index contributed by atoms with van der Waals surface area (Å²) in [7, 11) is 2.87. The molecular formula is C30H27N5O8. The summed E-state index contributed by atoms with van der Waals surface area (Å²) in [4.78, 5) is 41.3. The van der Waals surface area contributed by atoms with Crippen molar-refractivity contribution in [2.24, 2.45) is 0 Å². The second-order valence-corrected chi connectivity index (χ2v) is 8.74. The van der Waals surface area contributed by atoms with Crippen LogP contribution in [-0.2, 0) is 4.74 Å². The second kappa shape index (κ2) is 14.2. The molecule has 0 saturated carbocycles. The van der Waals surface area contributed by atoms with E-state index >= 15 is 0 Å². The number of para-hydroxylation sites is 2. The fraction of sp³-hybridized carbons (Fsp3) is 0.167. The van der Waals surface area contributed by atoms with Gasteiger partial charge >= 0.3 is 6.09 Å². The first-order valence-corrected chi connectivity index (χ1v) is 12.8. The van der Waals surface area contributed by atoms with Gasteiger partial charge in [0.1, 0.15) is 23.1 Å². The van der Waals surface area contributed by atoms with Crippen LogP contribution in [0.4, 0.5) is 10.6 Å². The van der Waals surface area contributed by atoms with Crippen molar-refractivity contribution in [3.63, 3.8) is 0 Å². The van der Waals surface area contributed by atoms with Gasteiger partial charge in [0.15, 0.2) is 18.4 Å². The minimum Gasteiger partial charge on any atom is -0.495 e. The van der Waals surface area contributed by atoms with E-state index < -0.39 is 17.9 Å². The number of ether oxygens (including phenoxy) is 3. The highest BCUT2D eigenvalue weighted by Gasteiger charge is 2.24. The Morgan fingerprint density at radius 2 is 1.72 bits per heavy atom. The number of nitrogens with zero attached hydrogens (tertiary/aromatic N) is 2. The number of carboxylic acid groups (broad SMARTS) is 1. The van der Waals surface area contributed by atoms with Gasteiger partial charge in [-0.05, 0) is 36.4 Å². The molecule has 43 heavy (non-hydrogen) atoms. The predicted octanol–water partition coefficient (Wildman–Crippen LogP) is 4.12. The number of hydrogen-bond donors (Lipinski definition) is 4. The third-order valence-electron chi connectivity index (χ3n) is 6.04. The van der Waals surface area contributed by atoms with Gasteiger partial charge < -0.3 is 39.7 Å². The molecule has 2 aromatic carbocycles. The number of carbonyl (C=O) groups excluding carboxylic acids is 2. The standard InChI is InChI=1S/C30H27N5O8/c1-40-17-43-24-10-4-3-7-19(24)23-15-21(22(16-31)27(34-23)35-29(37)25-11-6-14-42-25)18-8-5-9-20(26(18)41-2)28(36)32-12-13-33-30(38)39/h3-11,14-15,33H,12-13,17H2,1-2H3,(H,32,36)(H,38,39)(H,34,35,37). The summed E-state index contributed by atoms with van der Waals surface area (Å²) in [5.74, 6) is -0.623. The van der Waals surface area contributed by atoms with Crippen LogP contribution in [0.3, 0.4) is 0 Å². The molecule has 4 aromatic rings. The number of amides is 3. The number of rotatable bonds is 12. The fourth-order valence-corrected chi connectivity index (χ4v) is 4.19. The highest BCUT2D eigenvalue weighted by molar-refractivity contribution is 6.04. The van der Waals surface area contributed by atoms with E-state index in [9.17, 15) is 19.6 Å². The summed E-state index contributed by atoms with van der Waals surface area (Å²) in [6.45, 7) is -0.00353. The fourth-order valence-electron chi connectivity index (χ4n) is 4.19. The van der Waals surface area contributed by atoms with Gasteiger partial charge in [-0.25, -0.2) is 9.78 Å². The van der Waals surface area contributed by atoms with Gasteiger partial charge in [-0.3, -0.25) is 9.59 Å². The van der Waals surface area contributed by atoms with E-state index in [2.05, 4.69) is 27.0 Å². The summed E-state index contributed by atoms with van der Waals surface area (Å²) in [6.07, 6.45) is 0.133. The minimum atomic E-state index is -1.21. The molecule has 4 N–H and O–H groups in total. The molecule has 0 bridgehead atoms. The average molecular weight is 586 g/mol. The number of benzene rings is 2. The molecule has 4 rings (SSSR count). The van der Waals surface area contributed by atoms with Crippen molar-refractivity contribution in [2.45, 2.75) is 0 Å². The minimum absolute atomic E-state index is 0.000429. The molecule has 0 aliphatic heterocycles. The van der Waals surface area contributed by atoms with Crippen molar-refractivity contribution in [1.82, 2.24) is 15.6 Å². The van der Waals surface area contributed by atoms with E-state index in [1.165, 1.54) is 32.6 Å². The maximum atomic E-state index is 13.0. The molecule has 2 aromatic heterocycles. The number of aromatic nitrogens is 1. The molecule has 0 spiro atoms. The number of hydrogen-bond acceptors (Lipinski definition) is 9. The molecule has 13 nitrogen and oxygen atoms in total. The quantitative estimate of drug-likeness (QED) is 0.139. The van der Waals surface area contributed by atoms with Crippen LogP contribution in [0.2, 0.25) is 0 Å².